The Kier molecular flexibility index (Phi) is 162. The zero-order valence-electron chi connectivity index (χ0n) is 59.2. The molecule has 22 unspecified atom stereocenters. The molecule has 0 N–H and O–H groups in total. The molecule has 0 spiro atoms. The van der Waals surface area contributed by atoms with E-state index in [1.165, 1.54) is 38.5 Å². The van der Waals surface area contributed by atoms with Gasteiger partial charge >= 0.3 is 0 Å². The predicted molar refractivity (Wildman–Crippen MR) is 485 cm³/mol. The Morgan fingerprint density at radius 1 is 0.172 bits per heavy atom. The second kappa shape index (κ2) is 90.7. The van der Waals surface area contributed by atoms with E-state index >= 15 is 0 Å². The van der Waals surface area contributed by atoms with Crippen LogP contribution in [0.15, 0.2) is 0 Å². The molecule has 0 saturated carbocycles. The normalized spacial score (nSPS) is 17.1. The molecule has 0 amide bonds. The maximum absolute atomic E-state index is 2.52. The molecule has 93 heavy (non-hydrogen) atoms. The molecule has 0 aromatic rings. The van der Waals surface area contributed by atoms with E-state index < -0.39 is 0 Å². The molecule has 0 radical (unpaired) electrons. The highest BCUT2D eigenvalue weighted by molar-refractivity contribution is 7.98. The molecule has 606 valence electrons. The lowest BCUT2D eigenvalue weighted by Gasteiger charge is -2.41. The molecular weight excluding hydrogens is 1160 g/mol. The van der Waals surface area contributed by atoms with Gasteiger partial charge in [-0.3, -0.25) is 0 Å². The van der Waals surface area contributed by atoms with Crippen molar-refractivity contribution in [3.63, 3.8) is 0 Å². The summed E-state index contributed by atoms with van der Waals surface area (Å²) in [6.07, 6.45) is 16.5. The van der Waals surface area contributed by atoms with E-state index in [0.29, 0.717) is 0 Å². The van der Waals surface area contributed by atoms with Gasteiger partial charge in [0.1, 0.15) is 0 Å². The predicted octanol–water partition coefficient (Wildman–Crippen LogP) is 37.3. The molecule has 0 aliphatic carbocycles. The minimum Gasteiger partial charge on any atom is -0.169 e. The van der Waals surface area contributed by atoms with Crippen LogP contribution in [0.5, 0.6) is 0 Å². The number of thioether (sulfide) groups is 2. The molecule has 0 aliphatic rings. The van der Waals surface area contributed by atoms with Gasteiger partial charge in [-0.1, -0.05) is 383 Å². The molecule has 0 bridgehead atoms. The lowest BCUT2D eigenvalue weighted by atomic mass is 9.64. The highest BCUT2D eigenvalue weighted by Crippen LogP contribution is 2.43. The van der Waals surface area contributed by atoms with Crippen molar-refractivity contribution in [1.82, 2.24) is 0 Å². The summed E-state index contributed by atoms with van der Waals surface area (Å²) < 4.78 is 0. The largest absolute Gasteiger partial charge is 0.169 e. The maximum Gasteiger partial charge on any atom is -0.0187 e. The third-order valence-corrected chi connectivity index (χ3v) is 22.1. The van der Waals surface area contributed by atoms with E-state index in [-0.39, 0.29) is 141 Å². The van der Waals surface area contributed by atoms with E-state index in [0.717, 1.165) is 166 Å². The first-order valence-corrected chi connectivity index (χ1v) is 35.8. The van der Waals surface area contributed by atoms with E-state index in [1.54, 1.807) is 23.5 Å². The fourth-order valence-electron chi connectivity index (χ4n) is 13.5. The Hall–Kier alpha value is 0.700. The maximum atomic E-state index is 2.52. The first kappa shape index (κ1) is 166. The summed E-state index contributed by atoms with van der Waals surface area (Å²) in [4.78, 5) is 0. The van der Waals surface area contributed by atoms with Gasteiger partial charge in [-0.05, 0) is 223 Å². The van der Waals surface area contributed by atoms with E-state index in [2.05, 4.69) is 235 Å². The van der Waals surface area contributed by atoms with Crippen LogP contribution in [0.3, 0.4) is 0 Å². The molecule has 2 heteroatoms. The van der Waals surface area contributed by atoms with Crippen LogP contribution < -0.4 is 0 Å². The van der Waals surface area contributed by atoms with Gasteiger partial charge < -0.3 is 0 Å². The summed E-state index contributed by atoms with van der Waals surface area (Å²) in [5.74, 6) is 22.9. The standard InChI is InChI=1S/C25H52.C24H50.C19H40.2C2H6S.19CH4/c1-14-16(4)18(6)20(8)22(10)24(12)25(13)23(11)21(9)19(7)17(5)15(2)3;1-14(2)16(5)18(7)20(9)22(11)24(13)23(12)21(10)19(8)17(6)15(3)4;1-14(2)9-16(5)11-18(7)13-19(8)12-17(6)10-15(3)4;2*1-3-2;;;;;;;;;;;;;;;;;;;/h15-25H,14H2,1-13H3;14-24H,1-13H3;14-19H,9-13H2,1-8H3;2*1-2H3;19*1H4. The molecule has 0 saturated heterocycles. The van der Waals surface area contributed by atoms with Gasteiger partial charge in [-0.15, -0.1) is 0 Å². The molecule has 0 aromatic carbocycles. The summed E-state index contributed by atoms with van der Waals surface area (Å²) in [6.45, 7) is 83.1. The van der Waals surface area contributed by atoms with Gasteiger partial charge in [0.25, 0.3) is 0 Å². The van der Waals surface area contributed by atoms with Crippen LogP contribution in [0.2, 0.25) is 0 Å². The molecule has 0 fully saturated rings. The number of hydrogen-bond acceptors (Lipinski definition) is 2. The van der Waals surface area contributed by atoms with Crippen molar-refractivity contribution in [2.75, 3.05) is 25.0 Å². The van der Waals surface area contributed by atoms with Gasteiger partial charge in [-0.2, -0.15) is 23.5 Å². The Balaban J connectivity index is -0.0000000305. The van der Waals surface area contributed by atoms with Crippen molar-refractivity contribution in [3.05, 3.63) is 0 Å². The Labute approximate surface area is 625 Å². The van der Waals surface area contributed by atoms with Gasteiger partial charge in [-0.25, -0.2) is 0 Å². The summed E-state index contributed by atoms with van der Waals surface area (Å²) in [7, 11) is 0. The second-order valence-corrected chi connectivity index (χ2v) is 31.4. The van der Waals surface area contributed by atoms with Crippen LogP contribution in [-0.4, -0.2) is 25.0 Å². The topological polar surface area (TPSA) is 0 Å². The average molecular weight is 1390 g/mol. The van der Waals surface area contributed by atoms with Crippen LogP contribution in [0.4, 0.5) is 0 Å². The SMILES string of the molecule is C.C.C.C.C.C.C.C.C.C.C.C.C.C.C.C.C.C.C.CC(C)C(C)C(C)C(C)C(C)C(C)C(C)C(C)C(C)C(C)C(C)C.CC(C)CC(C)CC(C)CC(C)CC(C)CC(C)C.CCC(C)C(C)C(C)C(C)C(C)C(C)C(C)C(C)C(C)C(C)C(C)C.CSC.CSC. The van der Waals surface area contributed by atoms with E-state index in [9.17, 15) is 0 Å². The molecular formula is C91H230S2. The third kappa shape index (κ3) is 72.3. The van der Waals surface area contributed by atoms with E-state index in [4.69, 9.17) is 0 Å². The summed E-state index contributed by atoms with van der Waals surface area (Å²) >= 11 is 3.50. The molecule has 0 heterocycles. The van der Waals surface area contributed by atoms with Crippen LogP contribution >= 0.6 is 23.5 Å². The van der Waals surface area contributed by atoms with Crippen molar-refractivity contribution in [3.8, 4) is 0 Å². The minimum atomic E-state index is 0. The fraction of sp³-hybridized carbons (Fsp3) is 1.00. The highest BCUT2D eigenvalue weighted by atomic mass is 32.2. The Morgan fingerprint density at radius 2 is 0.280 bits per heavy atom. The number of rotatable bonds is 31. The van der Waals surface area contributed by atoms with Crippen LogP contribution in [-0.2, 0) is 0 Å². The lowest BCUT2D eigenvalue weighted by Crippen LogP contribution is -2.35. The van der Waals surface area contributed by atoms with E-state index in [1.807, 2.05) is 25.0 Å². The quantitative estimate of drug-likeness (QED) is 0.0679. The van der Waals surface area contributed by atoms with Crippen LogP contribution in [0.25, 0.3) is 0 Å². The zero-order valence-corrected chi connectivity index (χ0v) is 60.9. The third-order valence-electron chi connectivity index (χ3n) is 22.1. The molecule has 0 aliphatic heterocycles. The van der Waals surface area contributed by atoms with Gasteiger partial charge in [0.15, 0.2) is 0 Å². The molecule has 0 nitrogen and oxygen atoms in total. The molecule has 0 aromatic heterocycles. The minimum absolute atomic E-state index is 0. The average Bonchev–Trinajstić information content (AvgIpc) is 3.31. The highest BCUT2D eigenvalue weighted by Gasteiger charge is 2.36. The molecule has 22 atom stereocenters. The molecule has 0 rings (SSSR count). The fourth-order valence-corrected chi connectivity index (χ4v) is 13.5. The first-order chi connectivity index (χ1) is 33.7. The van der Waals surface area contributed by atoms with Crippen molar-refractivity contribution in [2.45, 2.75) is 415 Å². The number of hydrogen-bond donors (Lipinski definition) is 0. The van der Waals surface area contributed by atoms with Crippen LogP contribution in [0, 0.1) is 166 Å². The summed E-state index contributed by atoms with van der Waals surface area (Å²) in [5, 5.41) is 0. The lowest BCUT2D eigenvalue weighted by molar-refractivity contribution is 0.0757. The summed E-state index contributed by atoms with van der Waals surface area (Å²) in [5.41, 5.74) is 0. The smallest absolute Gasteiger partial charge is 0.0187 e. The monoisotopic (exact) mass is 1390 g/mol. The summed E-state index contributed by atoms with van der Waals surface area (Å²) in [6, 6.07) is 0. The second-order valence-electron chi connectivity index (χ2n) is 29.8. The van der Waals surface area contributed by atoms with Crippen molar-refractivity contribution in [1.29, 1.82) is 0 Å². The Morgan fingerprint density at radius 3 is 0.387 bits per heavy atom. The van der Waals surface area contributed by atoms with Crippen molar-refractivity contribution in [2.24, 2.45) is 166 Å². The zero-order chi connectivity index (χ0) is 59.8. The van der Waals surface area contributed by atoms with Gasteiger partial charge in [0.05, 0.1) is 0 Å². The van der Waals surface area contributed by atoms with Crippen molar-refractivity contribution >= 4 is 23.5 Å². The van der Waals surface area contributed by atoms with Gasteiger partial charge in [0.2, 0.25) is 0 Å². The first-order valence-electron chi connectivity index (χ1n) is 32.6. The van der Waals surface area contributed by atoms with Gasteiger partial charge in [0, 0.05) is 0 Å². The van der Waals surface area contributed by atoms with Crippen LogP contribution in [0.1, 0.15) is 415 Å². The van der Waals surface area contributed by atoms with Crippen molar-refractivity contribution < 1.29 is 0 Å². The Bertz CT molecular complexity index is 1150.